The minimum Gasteiger partial charge on any atom is -0.354 e. The van der Waals surface area contributed by atoms with Crippen molar-refractivity contribution < 1.29 is 9.59 Å². The van der Waals surface area contributed by atoms with Crippen LogP contribution in [0, 0.1) is 5.92 Å². The van der Waals surface area contributed by atoms with E-state index >= 15 is 0 Å². The lowest BCUT2D eigenvalue weighted by molar-refractivity contribution is -0.138. The van der Waals surface area contributed by atoms with Crippen molar-refractivity contribution in [1.82, 2.24) is 15.5 Å². The molecule has 2 aliphatic rings. The van der Waals surface area contributed by atoms with E-state index in [1.165, 1.54) is 12.8 Å². The molecular weight excluding hydrogens is 230 g/mol. The summed E-state index contributed by atoms with van der Waals surface area (Å²) >= 11 is 0. The van der Waals surface area contributed by atoms with Gasteiger partial charge < -0.3 is 15.5 Å². The second-order valence-corrected chi connectivity index (χ2v) is 5.66. The Morgan fingerprint density at radius 2 is 2.22 bits per heavy atom. The van der Waals surface area contributed by atoms with Crippen molar-refractivity contribution in [2.45, 2.75) is 45.2 Å². The molecular formula is C13H23N3O2. The fraction of sp³-hybridized carbons (Fsp3) is 0.846. The molecule has 1 aliphatic heterocycles. The molecule has 0 aromatic heterocycles. The summed E-state index contributed by atoms with van der Waals surface area (Å²) in [6.07, 6.45) is 2.74. The molecule has 0 bridgehead atoms. The molecule has 2 N–H and O–H groups in total. The number of carbonyl (C=O) groups is 2. The molecule has 2 rings (SSSR count). The molecule has 18 heavy (non-hydrogen) atoms. The maximum absolute atomic E-state index is 12.2. The number of hydrogen-bond donors (Lipinski definition) is 2. The lowest BCUT2D eigenvalue weighted by Crippen LogP contribution is -2.56. The molecule has 1 unspecified atom stereocenters. The highest BCUT2D eigenvalue weighted by Crippen LogP contribution is 2.30. The van der Waals surface area contributed by atoms with Crippen LogP contribution in [0.5, 0.6) is 0 Å². The average molecular weight is 253 g/mol. The van der Waals surface area contributed by atoms with E-state index in [1.54, 1.807) is 0 Å². The Hall–Kier alpha value is -1.10. The highest BCUT2D eigenvalue weighted by Gasteiger charge is 2.33. The molecule has 0 aromatic rings. The van der Waals surface area contributed by atoms with Gasteiger partial charge in [-0.1, -0.05) is 0 Å². The van der Waals surface area contributed by atoms with Gasteiger partial charge in [0.15, 0.2) is 0 Å². The van der Waals surface area contributed by atoms with Crippen LogP contribution >= 0.6 is 0 Å². The van der Waals surface area contributed by atoms with Gasteiger partial charge in [0, 0.05) is 25.7 Å². The first kappa shape index (κ1) is 13.3. The molecule has 1 aliphatic carbocycles. The normalized spacial score (nSPS) is 24.5. The molecule has 0 aromatic carbocycles. The summed E-state index contributed by atoms with van der Waals surface area (Å²) in [6.45, 7) is 6.29. The fourth-order valence-electron chi connectivity index (χ4n) is 2.31. The Kier molecular flexibility index (Phi) is 4.22. The maximum atomic E-state index is 12.2. The summed E-state index contributed by atoms with van der Waals surface area (Å²) in [5, 5.41) is 5.97. The molecule has 1 heterocycles. The zero-order valence-electron chi connectivity index (χ0n) is 11.2. The standard InChI is InChI=1S/C13H23N3O2/c1-9(2)15-12(17)7-11-13(18)16(6-5-14-11)8-10-3-4-10/h9-11,14H,3-8H2,1-2H3,(H,15,17). The zero-order chi connectivity index (χ0) is 13.1. The van der Waals surface area contributed by atoms with Crippen LogP contribution in [0.15, 0.2) is 0 Å². The summed E-state index contributed by atoms with van der Waals surface area (Å²) in [6, 6.07) is -0.213. The van der Waals surface area contributed by atoms with E-state index in [9.17, 15) is 9.59 Å². The van der Waals surface area contributed by atoms with Gasteiger partial charge in [-0.2, -0.15) is 0 Å². The molecule has 102 valence electrons. The van der Waals surface area contributed by atoms with E-state index in [4.69, 9.17) is 0 Å². The van der Waals surface area contributed by atoms with Crippen LogP contribution in [-0.4, -0.2) is 48.4 Å². The fourth-order valence-corrected chi connectivity index (χ4v) is 2.31. The van der Waals surface area contributed by atoms with Crippen LogP contribution in [0.2, 0.25) is 0 Å². The highest BCUT2D eigenvalue weighted by atomic mass is 16.2. The Bertz CT molecular complexity index is 326. The van der Waals surface area contributed by atoms with Gasteiger partial charge in [-0.15, -0.1) is 0 Å². The van der Waals surface area contributed by atoms with Crippen molar-refractivity contribution in [3.63, 3.8) is 0 Å². The SMILES string of the molecule is CC(C)NC(=O)CC1NCCN(CC2CC2)C1=O. The molecule has 1 saturated carbocycles. The van der Waals surface area contributed by atoms with Gasteiger partial charge in [0.25, 0.3) is 0 Å². The first-order valence-electron chi connectivity index (χ1n) is 6.88. The molecule has 0 spiro atoms. The summed E-state index contributed by atoms with van der Waals surface area (Å²) in [7, 11) is 0. The van der Waals surface area contributed by atoms with Crippen molar-refractivity contribution in [2.75, 3.05) is 19.6 Å². The van der Waals surface area contributed by atoms with E-state index in [-0.39, 0.29) is 30.3 Å². The molecule has 1 saturated heterocycles. The number of nitrogens with zero attached hydrogens (tertiary/aromatic N) is 1. The van der Waals surface area contributed by atoms with Crippen LogP contribution < -0.4 is 10.6 Å². The lowest BCUT2D eigenvalue weighted by atomic mass is 10.1. The first-order chi connectivity index (χ1) is 8.56. The second-order valence-electron chi connectivity index (χ2n) is 5.66. The van der Waals surface area contributed by atoms with E-state index < -0.39 is 0 Å². The Balaban J connectivity index is 1.83. The van der Waals surface area contributed by atoms with Gasteiger partial charge in [-0.05, 0) is 32.6 Å². The maximum Gasteiger partial charge on any atom is 0.240 e. The molecule has 5 nitrogen and oxygen atoms in total. The van der Waals surface area contributed by atoms with E-state index in [2.05, 4.69) is 10.6 Å². The molecule has 0 radical (unpaired) electrons. The number of nitrogens with one attached hydrogen (secondary N) is 2. The van der Waals surface area contributed by atoms with Gasteiger partial charge in [-0.3, -0.25) is 9.59 Å². The Morgan fingerprint density at radius 1 is 1.50 bits per heavy atom. The third-order valence-electron chi connectivity index (χ3n) is 3.40. The summed E-state index contributed by atoms with van der Waals surface area (Å²) in [5.74, 6) is 0.744. The predicted molar refractivity (Wildman–Crippen MR) is 69.0 cm³/mol. The third kappa shape index (κ3) is 3.70. The average Bonchev–Trinajstić information content (AvgIpc) is 3.06. The van der Waals surface area contributed by atoms with Crippen molar-refractivity contribution >= 4 is 11.8 Å². The van der Waals surface area contributed by atoms with Gasteiger partial charge in [0.2, 0.25) is 11.8 Å². The molecule has 5 heteroatoms. The van der Waals surface area contributed by atoms with Crippen LogP contribution in [0.25, 0.3) is 0 Å². The van der Waals surface area contributed by atoms with E-state index in [0.29, 0.717) is 5.92 Å². The predicted octanol–water partition coefficient (Wildman–Crippen LogP) is 0.112. The Morgan fingerprint density at radius 3 is 2.83 bits per heavy atom. The summed E-state index contributed by atoms with van der Waals surface area (Å²) in [5.41, 5.74) is 0. The van der Waals surface area contributed by atoms with Crippen molar-refractivity contribution in [2.24, 2.45) is 5.92 Å². The van der Waals surface area contributed by atoms with Gasteiger partial charge in [-0.25, -0.2) is 0 Å². The second kappa shape index (κ2) is 5.69. The zero-order valence-corrected chi connectivity index (χ0v) is 11.2. The van der Waals surface area contributed by atoms with Gasteiger partial charge >= 0.3 is 0 Å². The number of hydrogen-bond acceptors (Lipinski definition) is 3. The summed E-state index contributed by atoms with van der Waals surface area (Å²) in [4.78, 5) is 25.8. The number of piperazine rings is 1. The number of amides is 2. The summed E-state index contributed by atoms with van der Waals surface area (Å²) < 4.78 is 0. The number of rotatable bonds is 5. The van der Waals surface area contributed by atoms with Crippen molar-refractivity contribution in [1.29, 1.82) is 0 Å². The Labute approximate surface area is 108 Å². The van der Waals surface area contributed by atoms with Crippen LogP contribution in [0.1, 0.15) is 33.1 Å². The van der Waals surface area contributed by atoms with Crippen LogP contribution in [0.3, 0.4) is 0 Å². The lowest BCUT2D eigenvalue weighted by Gasteiger charge is -2.33. The first-order valence-corrected chi connectivity index (χ1v) is 6.88. The van der Waals surface area contributed by atoms with Crippen molar-refractivity contribution in [3.8, 4) is 0 Å². The van der Waals surface area contributed by atoms with Crippen LogP contribution in [-0.2, 0) is 9.59 Å². The monoisotopic (exact) mass is 253 g/mol. The highest BCUT2D eigenvalue weighted by molar-refractivity contribution is 5.89. The van der Waals surface area contributed by atoms with E-state index in [0.717, 1.165) is 19.6 Å². The van der Waals surface area contributed by atoms with Crippen LogP contribution in [0.4, 0.5) is 0 Å². The molecule has 2 amide bonds. The minimum absolute atomic E-state index is 0.0517. The van der Waals surface area contributed by atoms with E-state index in [1.807, 2.05) is 18.7 Å². The third-order valence-corrected chi connectivity index (χ3v) is 3.40. The van der Waals surface area contributed by atoms with Gasteiger partial charge in [0.05, 0.1) is 12.5 Å². The van der Waals surface area contributed by atoms with Gasteiger partial charge in [0.1, 0.15) is 0 Å². The minimum atomic E-state index is -0.337. The molecule has 2 fully saturated rings. The quantitative estimate of drug-likeness (QED) is 0.731. The van der Waals surface area contributed by atoms with Crippen molar-refractivity contribution in [3.05, 3.63) is 0 Å². The smallest absolute Gasteiger partial charge is 0.240 e. The topological polar surface area (TPSA) is 61.4 Å². The number of carbonyl (C=O) groups excluding carboxylic acids is 2. The molecule has 1 atom stereocenters. The largest absolute Gasteiger partial charge is 0.354 e.